The first-order chi connectivity index (χ1) is 13.0. The maximum atomic E-state index is 12.4. The topological polar surface area (TPSA) is 70.9 Å². The molecule has 6 nitrogen and oxygen atoms in total. The second kappa shape index (κ2) is 8.65. The van der Waals surface area contributed by atoms with E-state index in [1.807, 2.05) is 12.1 Å². The van der Waals surface area contributed by atoms with Gasteiger partial charge in [0.1, 0.15) is 6.54 Å². The van der Waals surface area contributed by atoms with Crippen LogP contribution in [0.4, 0.5) is 0 Å². The smallest absolute Gasteiger partial charge is 0.233 e. The molecule has 1 aromatic rings. The number of carbonyl (C=O) groups is 3. The number of nitrogens with zero attached hydrogens (tertiary/aromatic N) is 1. The average Bonchev–Trinajstić information content (AvgIpc) is 2.90. The maximum absolute atomic E-state index is 12.4. The zero-order valence-electron chi connectivity index (χ0n) is 16.3. The summed E-state index contributed by atoms with van der Waals surface area (Å²) in [5, 5.41) is 2.88. The molecule has 2 fully saturated rings. The molecule has 2 aliphatic rings. The van der Waals surface area contributed by atoms with E-state index in [4.69, 9.17) is 0 Å². The fourth-order valence-corrected chi connectivity index (χ4v) is 4.14. The van der Waals surface area contributed by atoms with Gasteiger partial charge in [-0.05, 0) is 18.4 Å². The maximum Gasteiger partial charge on any atom is 0.233 e. The molecule has 2 N–H and O–H groups in total. The molecule has 2 atom stereocenters. The minimum absolute atomic E-state index is 0.0730. The van der Waals surface area contributed by atoms with Gasteiger partial charge >= 0.3 is 0 Å². The van der Waals surface area contributed by atoms with Crippen LogP contribution < -0.4 is 10.2 Å². The van der Waals surface area contributed by atoms with E-state index in [2.05, 4.69) is 31.5 Å². The first-order valence-corrected chi connectivity index (χ1v) is 9.94. The minimum Gasteiger partial charge on any atom is -0.352 e. The molecule has 0 bridgehead atoms. The van der Waals surface area contributed by atoms with E-state index in [-0.39, 0.29) is 42.5 Å². The third-order valence-corrected chi connectivity index (χ3v) is 5.57. The van der Waals surface area contributed by atoms with Gasteiger partial charge in [-0.2, -0.15) is 0 Å². The Hall–Kier alpha value is -2.21. The Labute approximate surface area is 160 Å². The van der Waals surface area contributed by atoms with Gasteiger partial charge in [-0.15, -0.1) is 0 Å². The molecule has 1 aliphatic heterocycles. The van der Waals surface area contributed by atoms with Gasteiger partial charge in [0.2, 0.25) is 17.7 Å². The van der Waals surface area contributed by atoms with E-state index in [0.717, 1.165) is 37.8 Å². The molecule has 1 aliphatic carbocycles. The fraction of sp³-hybridized carbons (Fsp3) is 0.571. The Morgan fingerprint density at radius 1 is 1.04 bits per heavy atom. The normalized spacial score (nSPS) is 22.3. The molecule has 3 amide bonds. The Kier molecular flexibility index (Phi) is 6.26. The van der Waals surface area contributed by atoms with Crippen LogP contribution >= 0.6 is 0 Å². The van der Waals surface area contributed by atoms with Crippen molar-refractivity contribution < 1.29 is 19.3 Å². The molecule has 0 aromatic heterocycles. The van der Waals surface area contributed by atoms with E-state index < -0.39 is 0 Å². The summed E-state index contributed by atoms with van der Waals surface area (Å²) in [6.07, 6.45) is 3.82. The van der Waals surface area contributed by atoms with Crippen LogP contribution in [-0.4, -0.2) is 43.3 Å². The standard InChI is InChI=1S/C21H29N3O3/c1-23(2)14-16-9-7-15(8-10-16)13-22-19(25)11-12-24-20(26)17-5-3-4-6-18(17)21(24)27/h7-10,17-18H,3-6,11-14H2,1-2H3,(H,22,25)/p+1/t17-,18-/m1/s1. The number of rotatable bonds is 7. The molecule has 27 heavy (non-hydrogen) atoms. The quantitative estimate of drug-likeness (QED) is 0.686. The van der Waals surface area contributed by atoms with E-state index >= 15 is 0 Å². The lowest BCUT2D eigenvalue weighted by Gasteiger charge is -2.19. The van der Waals surface area contributed by atoms with E-state index in [1.165, 1.54) is 15.4 Å². The summed E-state index contributed by atoms with van der Waals surface area (Å²) in [7, 11) is 4.22. The Morgan fingerprint density at radius 3 is 2.15 bits per heavy atom. The second-order valence-corrected chi connectivity index (χ2v) is 8.05. The molecule has 0 unspecified atom stereocenters. The van der Waals surface area contributed by atoms with Gasteiger partial charge in [0.05, 0.1) is 25.9 Å². The zero-order chi connectivity index (χ0) is 19.4. The van der Waals surface area contributed by atoms with Crippen molar-refractivity contribution in [1.29, 1.82) is 0 Å². The van der Waals surface area contributed by atoms with Crippen LogP contribution in [0, 0.1) is 11.8 Å². The zero-order valence-corrected chi connectivity index (χ0v) is 16.3. The largest absolute Gasteiger partial charge is 0.352 e. The lowest BCUT2D eigenvalue weighted by Crippen LogP contribution is -3.04. The fourth-order valence-electron chi connectivity index (χ4n) is 4.14. The van der Waals surface area contributed by atoms with Gasteiger partial charge in [-0.3, -0.25) is 19.3 Å². The summed E-state index contributed by atoms with van der Waals surface area (Å²) < 4.78 is 0. The van der Waals surface area contributed by atoms with Gasteiger partial charge in [-0.1, -0.05) is 37.1 Å². The van der Waals surface area contributed by atoms with Crippen LogP contribution in [-0.2, 0) is 27.5 Å². The summed E-state index contributed by atoms with van der Waals surface area (Å²) in [5.74, 6) is -0.562. The third-order valence-electron chi connectivity index (χ3n) is 5.57. The number of fused-ring (bicyclic) bond motifs is 1. The van der Waals surface area contributed by atoms with Crippen LogP contribution in [0.3, 0.4) is 0 Å². The SMILES string of the molecule is C[NH+](C)Cc1ccc(CNC(=O)CCN2C(=O)[C@@H]3CCCC[C@H]3C2=O)cc1. The molecule has 1 heterocycles. The number of hydrogen-bond donors (Lipinski definition) is 2. The van der Waals surface area contributed by atoms with E-state index in [1.54, 1.807) is 0 Å². The van der Waals surface area contributed by atoms with Gasteiger partial charge in [-0.25, -0.2) is 0 Å². The monoisotopic (exact) mass is 372 g/mol. The van der Waals surface area contributed by atoms with Crippen molar-refractivity contribution in [1.82, 2.24) is 10.2 Å². The van der Waals surface area contributed by atoms with Crippen LogP contribution in [0.2, 0.25) is 0 Å². The predicted octanol–water partition coefficient (Wildman–Crippen LogP) is 0.513. The summed E-state index contributed by atoms with van der Waals surface area (Å²) in [5.41, 5.74) is 2.30. The van der Waals surface area contributed by atoms with Crippen molar-refractivity contribution in [3.63, 3.8) is 0 Å². The number of carbonyl (C=O) groups excluding carboxylic acids is 3. The highest BCUT2D eigenvalue weighted by atomic mass is 16.2. The molecule has 146 valence electrons. The summed E-state index contributed by atoms with van der Waals surface area (Å²) >= 11 is 0. The molecule has 0 spiro atoms. The molecule has 3 rings (SSSR count). The minimum atomic E-state index is -0.142. The Morgan fingerprint density at radius 2 is 1.59 bits per heavy atom. The summed E-state index contributed by atoms with van der Waals surface area (Å²) in [6.45, 7) is 1.62. The predicted molar refractivity (Wildman–Crippen MR) is 102 cm³/mol. The number of imide groups is 1. The van der Waals surface area contributed by atoms with Crippen LogP contribution in [0.5, 0.6) is 0 Å². The molecular formula is C21H30N3O3+. The first kappa shape index (κ1) is 19.5. The molecule has 1 aromatic carbocycles. The lowest BCUT2D eigenvalue weighted by molar-refractivity contribution is -0.872. The molecule has 1 saturated heterocycles. The van der Waals surface area contributed by atoms with Crippen LogP contribution in [0.15, 0.2) is 24.3 Å². The van der Waals surface area contributed by atoms with Crippen molar-refractivity contribution in [2.75, 3.05) is 20.6 Å². The highest BCUT2D eigenvalue weighted by Gasteiger charge is 2.47. The third kappa shape index (κ3) is 4.75. The van der Waals surface area contributed by atoms with Gasteiger partial charge < -0.3 is 10.2 Å². The number of amides is 3. The number of quaternary nitrogens is 1. The van der Waals surface area contributed by atoms with E-state index in [9.17, 15) is 14.4 Å². The molecular weight excluding hydrogens is 342 g/mol. The van der Waals surface area contributed by atoms with Crippen molar-refractivity contribution in [3.05, 3.63) is 35.4 Å². The van der Waals surface area contributed by atoms with Crippen molar-refractivity contribution in [3.8, 4) is 0 Å². The van der Waals surface area contributed by atoms with Crippen molar-refractivity contribution >= 4 is 17.7 Å². The number of benzene rings is 1. The Balaban J connectivity index is 1.44. The van der Waals surface area contributed by atoms with Crippen molar-refractivity contribution in [2.24, 2.45) is 11.8 Å². The lowest BCUT2D eigenvalue weighted by atomic mass is 9.81. The highest BCUT2D eigenvalue weighted by molar-refractivity contribution is 6.05. The van der Waals surface area contributed by atoms with Gasteiger partial charge in [0, 0.05) is 25.1 Å². The first-order valence-electron chi connectivity index (χ1n) is 9.94. The van der Waals surface area contributed by atoms with Crippen LogP contribution in [0.1, 0.15) is 43.2 Å². The molecule has 1 saturated carbocycles. The number of nitrogens with one attached hydrogen (secondary N) is 2. The van der Waals surface area contributed by atoms with Gasteiger partial charge in [0.15, 0.2) is 0 Å². The second-order valence-electron chi connectivity index (χ2n) is 8.05. The molecule has 0 radical (unpaired) electrons. The summed E-state index contributed by atoms with van der Waals surface area (Å²) in [6, 6.07) is 8.21. The Bertz CT molecular complexity index is 675. The van der Waals surface area contributed by atoms with Crippen molar-refractivity contribution in [2.45, 2.75) is 45.2 Å². The van der Waals surface area contributed by atoms with E-state index in [0.29, 0.717) is 6.54 Å². The average molecular weight is 372 g/mol. The van der Waals surface area contributed by atoms with Gasteiger partial charge in [0.25, 0.3) is 0 Å². The van der Waals surface area contributed by atoms with Crippen LogP contribution in [0.25, 0.3) is 0 Å². The molecule has 6 heteroatoms. The number of likely N-dealkylation sites (tertiary alicyclic amines) is 1. The summed E-state index contributed by atoms with van der Waals surface area (Å²) in [4.78, 5) is 39.7. The number of hydrogen-bond acceptors (Lipinski definition) is 3. The highest BCUT2D eigenvalue weighted by Crippen LogP contribution is 2.37.